The topological polar surface area (TPSA) is 93.1 Å². The number of Topliss-reactive ketones (excluding diaryl/α,β-unsaturated/α-hetero) is 1. The number of piperidine rings is 1. The fourth-order valence-corrected chi connectivity index (χ4v) is 3.42. The number of esters is 1. The third kappa shape index (κ3) is 4.57. The van der Waals surface area contributed by atoms with Crippen LogP contribution < -0.4 is 0 Å². The van der Waals surface area contributed by atoms with E-state index in [-0.39, 0.29) is 37.0 Å². The predicted molar refractivity (Wildman–Crippen MR) is 91.4 cm³/mol. The molecule has 2 atom stereocenters. The highest BCUT2D eigenvalue weighted by molar-refractivity contribution is 6.74. The Morgan fingerprint density at radius 2 is 1.92 bits per heavy atom. The van der Waals surface area contributed by atoms with Gasteiger partial charge in [-0.2, -0.15) is 0 Å². The van der Waals surface area contributed by atoms with Gasteiger partial charge in [-0.1, -0.05) is 20.8 Å². The molecule has 0 radical (unpaired) electrons. The van der Waals surface area contributed by atoms with Crippen LogP contribution in [0.4, 0.5) is 4.79 Å². The molecule has 24 heavy (non-hydrogen) atoms. The molecular formula is C16H29NO6Si. The highest BCUT2D eigenvalue weighted by Gasteiger charge is 2.46. The van der Waals surface area contributed by atoms with E-state index in [2.05, 4.69) is 20.8 Å². The third-order valence-corrected chi connectivity index (χ3v) is 9.44. The quantitative estimate of drug-likeness (QED) is 0.460. The maximum absolute atomic E-state index is 12.2. The SMILES string of the molecule is CCOC(=O)C1C(=O)CCN(C(=O)O)C1CO[Si](C)(C)C(C)(C)C. The van der Waals surface area contributed by atoms with E-state index in [1.165, 1.54) is 0 Å². The average molecular weight is 359 g/mol. The van der Waals surface area contributed by atoms with Gasteiger partial charge in [-0.25, -0.2) is 4.79 Å². The molecule has 1 rings (SSSR count). The number of amides is 1. The lowest BCUT2D eigenvalue weighted by atomic mass is 9.88. The van der Waals surface area contributed by atoms with E-state index >= 15 is 0 Å². The minimum absolute atomic E-state index is 0.0202. The van der Waals surface area contributed by atoms with Crippen LogP contribution in [0.15, 0.2) is 0 Å². The maximum Gasteiger partial charge on any atom is 0.407 e. The van der Waals surface area contributed by atoms with Crippen molar-refractivity contribution in [1.29, 1.82) is 0 Å². The summed E-state index contributed by atoms with van der Waals surface area (Å²) in [4.78, 5) is 37.1. The van der Waals surface area contributed by atoms with Gasteiger partial charge in [-0.15, -0.1) is 0 Å². The van der Waals surface area contributed by atoms with Crippen molar-refractivity contribution in [2.75, 3.05) is 19.8 Å². The Labute approximate surface area is 144 Å². The molecule has 2 unspecified atom stereocenters. The van der Waals surface area contributed by atoms with Gasteiger partial charge >= 0.3 is 12.1 Å². The summed E-state index contributed by atoms with van der Waals surface area (Å²) in [6, 6.07) is -0.836. The van der Waals surface area contributed by atoms with Crippen LogP contribution in [0.2, 0.25) is 18.1 Å². The monoisotopic (exact) mass is 359 g/mol. The fraction of sp³-hybridized carbons (Fsp3) is 0.812. The number of likely N-dealkylation sites (tertiary alicyclic amines) is 1. The summed E-state index contributed by atoms with van der Waals surface area (Å²) in [5, 5.41) is 9.38. The molecule has 1 aliphatic rings. The number of hydrogen-bond acceptors (Lipinski definition) is 5. The van der Waals surface area contributed by atoms with E-state index in [1.54, 1.807) is 6.92 Å². The van der Waals surface area contributed by atoms with Crippen LogP contribution in [0, 0.1) is 5.92 Å². The van der Waals surface area contributed by atoms with Gasteiger partial charge in [-0.05, 0) is 25.1 Å². The van der Waals surface area contributed by atoms with Gasteiger partial charge in [0.05, 0.1) is 19.3 Å². The van der Waals surface area contributed by atoms with Crippen molar-refractivity contribution in [3.05, 3.63) is 0 Å². The fourth-order valence-electron chi connectivity index (χ4n) is 2.40. The van der Waals surface area contributed by atoms with Gasteiger partial charge < -0.3 is 19.2 Å². The van der Waals surface area contributed by atoms with Gasteiger partial charge in [0.2, 0.25) is 0 Å². The summed E-state index contributed by atoms with van der Waals surface area (Å²) in [5.41, 5.74) is 0. The first-order valence-electron chi connectivity index (χ1n) is 8.25. The Morgan fingerprint density at radius 1 is 1.33 bits per heavy atom. The Bertz CT molecular complexity index is 499. The van der Waals surface area contributed by atoms with E-state index in [4.69, 9.17) is 9.16 Å². The molecule has 8 heteroatoms. The van der Waals surface area contributed by atoms with Crippen LogP contribution in [0.5, 0.6) is 0 Å². The Hall–Kier alpha value is -1.41. The maximum atomic E-state index is 12.2. The molecule has 0 aromatic carbocycles. The van der Waals surface area contributed by atoms with E-state index in [9.17, 15) is 19.5 Å². The van der Waals surface area contributed by atoms with E-state index in [1.807, 2.05) is 13.1 Å². The normalized spacial score (nSPS) is 22.4. The summed E-state index contributed by atoms with van der Waals surface area (Å²) in [6.45, 7) is 12.2. The van der Waals surface area contributed by atoms with Crippen molar-refractivity contribution < 1.29 is 28.7 Å². The smallest absolute Gasteiger partial charge is 0.407 e. The lowest BCUT2D eigenvalue weighted by molar-refractivity contribution is -0.156. The molecular weight excluding hydrogens is 330 g/mol. The van der Waals surface area contributed by atoms with Crippen molar-refractivity contribution in [3.8, 4) is 0 Å². The number of carbonyl (C=O) groups is 3. The number of carboxylic acid groups (broad SMARTS) is 1. The van der Waals surface area contributed by atoms with E-state index < -0.39 is 32.3 Å². The van der Waals surface area contributed by atoms with Gasteiger partial charge in [0.15, 0.2) is 14.1 Å². The highest BCUT2D eigenvalue weighted by atomic mass is 28.4. The molecule has 0 aromatic heterocycles. The zero-order chi connectivity index (χ0) is 18.7. The lowest BCUT2D eigenvalue weighted by Crippen LogP contribution is -2.58. The van der Waals surface area contributed by atoms with Crippen LogP contribution in [0.1, 0.15) is 34.1 Å². The van der Waals surface area contributed by atoms with Crippen molar-refractivity contribution in [3.63, 3.8) is 0 Å². The average Bonchev–Trinajstić information content (AvgIpc) is 2.43. The molecule has 1 aliphatic heterocycles. The number of nitrogens with zero attached hydrogens (tertiary/aromatic N) is 1. The minimum atomic E-state index is -2.14. The number of ether oxygens (including phenoxy) is 1. The molecule has 1 saturated heterocycles. The van der Waals surface area contributed by atoms with Crippen LogP contribution >= 0.6 is 0 Å². The molecule has 0 aliphatic carbocycles. The second-order valence-electron chi connectivity index (χ2n) is 7.56. The van der Waals surface area contributed by atoms with Crippen LogP contribution in [-0.4, -0.2) is 62.0 Å². The molecule has 138 valence electrons. The van der Waals surface area contributed by atoms with Crippen LogP contribution in [0.3, 0.4) is 0 Å². The van der Waals surface area contributed by atoms with Crippen molar-refractivity contribution in [1.82, 2.24) is 4.90 Å². The van der Waals surface area contributed by atoms with Crippen molar-refractivity contribution in [2.45, 2.75) is 58.3 Å². The lowest BCUT2D eigenvalue weighted by Gasteiger charge is -2.41. The summed E-state index contributed by atoms with van der Waals surface area (Å²) >= 11 is 0. The molecule has 7 nitrogen and oxygen atoms in total. The number of carbonyl (C=O) groups excluding carboxylic acids is 2. The zero-order valence-electron chi connectivity index (χ0n) is 15.4. The van der Waals surface area contributed by atoms with Crippen molar-refractivity contribution >= 4 is 26.2 Å². The first-order chi connectivity index (χ1) is 10.9. The highest BCUT2D eigenvalue weighted by Crippen LogP contribution is 2.37. The molecule has 0 saturated carbocycles. The number of ketones is 1. The van der Waals surface area contributed by atoms with E-state index in [0.717, 1.165) is 4.90 Å². The first kappa shape index (κ1) is 20.6. The molecule has 1 amide bonds. The molecule has 1 fully saturated rings. The third-order valence-electron chi connectivity index (χ3n) is 4.94. The zero-order valence-corrected chi connectivity index (χ0v) is 16.4. The van der Waals surface area contributed by atoms with Gasteiger partial charge in [0.1, 0.15) is 5.92 Å². The van der Waals surface area contributed by atoms with Gasteiger partial charge in [-0.3, -0.25) is 9.59 Å². The molecule has 1 heterocycles. The Kier molecular flexibility index (Phi) is 6.57. The number of hydrogen-bond donors (Lipinski definition) is 1. The molecule has 1 N–H and O–H groups in total. The largest absolute Gasteiger partial charge is 0.465 e. The Balaban J connectivity index is 3.05. The van der Waals surface area contributed by atoms with E-state index in [0.29, 0.717) is 0 Å². The first-order valence-corrected chi connectivity index (χ1v) is 11.2. The van der Waals surface area contributed by atoms with Gasteiger partial charge in [0, 0.05) is 13.0 Å². The predicted octanol–water partition coefficient (Wildman–Crippen LogP) is 2.51. The second kappa shape index (κ2) is 7.65. The second-order valence-corrected chi connectivity index (χ2v) is 12.4. The summed E-state index contributed by atoms with van der Waals surface area (Å²) in [7, 11) is -2.14. The van der Waals surface area contributed by atoms with Crippen LogP contribution in [0.25, 0.3) is 0 Å². The molecule has 0 spiro atoms. The standard InChI is InChI=1S/C16H29NO6Si/c1-7-22-14(19)13-11(10-23-24(5,6)16(2,3)4)17(15(20)21)9-8-12(13)18/h11,13H,7-10H2,1-6H3,(H,20,21). The summed E-state index contributed by atoms with van der Waals surface area (Å²) in [6.07, 6.45) is -1.13. The van der Waals surface area contributed by atoms with Crippen molar-refractivity contribution in [2.24, 2.45) is 5.92 Å². The number of rotatable bonds is 5. The minimum Gasteiger partial charge on any atom is -0.465 e. The van der Waals surface area contributed by atoms with Crippen LogP contribution in [-0.2, 0) is 18.8 Å². The summed E-state index contributed by atoms with van der Waals surface area (Å²) < 4.78 is 11.1. The molecule has 0 aromatic rings. The summed E-state index contributed by atoms with van der Waals surface area (Å²) in [5.74, 6) is -2.06. The van der Waals surface area contributed by atoms with Gasteiger partial charge in [0.25, 0.3) is 0 Å². The molecule has 0 bridgehead atoms. The Morgan fingerprint density at radius 3 is 2.38 bits per heavy atom.